The largest absolute Gasteiger partial charge is 0.481 e. The number of halogens is 3. The van der Waals surface area contributed by atoms with Crippen molar-refractivity contribution in [2.45, 2.75) is 32.9 Å². The molecule has 0 radical (unpaired) electrons. The number of piperidine rings is 1. The number of carbonyl (C=O) groups is 2. The molecule has 1 amide bonds. The second kappa shape index (κ2) is 6.96. The number of hydrogen-bond acceptors (Lipinski definition) is 3. The zero-order chi connectivity index (χ0) is 20.7. The normalized spacial score (nSPS) is 20.2. The lowest BCUT2D eigenvalue weighted by molar-refractivity contribution is -0.150. The molecule has 1 aromatic carbocycles. The molecule has 28 heavy (non-hydrogen) atoms. The van der Waals surface area contributed by atoms with E-state index in [-0.39, 0.29) is 23.7 Å². The van der Waals surface area contributed by atoms with Crippen molar-refractivity contribution in [3.8, 4) is 5.69 Å². The van der Waals surface area contributed by atoms with Crippen LogP contribution in [0.25, 0.3) is 5.69 Å². The van der Waals surface area contributed by atoms with Crippen LogP contribution in [0.5, 0.6) is 0 Å². The number of likely N-dealkylation sites (tertiary alicyclic amines) is 1. The SMILES string of the molecule is Cc1c(C(=O)N2CCCC(C)(C(=O)O)C2)cnn1-c1cccc(C(F)(F)F)c1. The van der Waals surface area contributed by atoms with Crippen molar-refractivity contribution < 1.29 is 27.9 Å². The molecule has 1 atom stereocenters. The maximum Gasteiger partial charge on any atom is 0.416 e. The molecule has 3 rings (SSSR count). The molecule has 1 unspecified atom stereocenters. The molecular weight excluding hydrogens is 375 g/mol. The summed E-state index contributed by atoms with van der Waals surface area (Å²) in [5.74, 6) is -1.33. The molecule has 0 spiro atoms. The van der Waals surface area contributed by atoms with Crippen molar-refractivity contribution in [1.29, 1.82) is 0 Å². The average molecular weight is 395 g/mol. The van der Waals surface area contributed by atoms with Gasteiger partial charge in [0, 0.05) is 13.1 Å². The number of alkyl halides is 3. The van der Waals surface area contributed by atoms with Crippen molar-refractivity contribution in [1.82, 2.24) is 14.7 Å². The van der Waals surface area contributed by atoms with Gasteiger partial charge in [0.15, 0.2) is 0 Å². The molecule has 150 valence electrons. The van der Waals surface area contributed by atoms with Crippen LogP contribution in [0.4, 0.5) is 13.2 Å². The molecule has 2 heterocycles. The van der Waals surface area contributed by atoms with Crippen molar-refractivity contribution in [3.05, 3.63) is 47.3 Å². The second-order valence-electron chi connectivity index (χ2n) is 7.30. The first-order valence-corrected chi connectivity index (χ1v) is 8.78. The number of aliphatic carboxylic acids is 1. The Morgan fingerprint density at radius 2 is 2.00 bits per heavy atom. The molecule has 1 fully saturated rings. The molecule has 2 aromatic rings. The summed E-state index contributed by atoms with van der Waals surface area (Å²) >= 11 is 0. The van der Waals surface area contributed by atoms with Crippen LogP contribution in [0, 0.1) is 12.3 Å². The fourth-order valence-corrected chi connectivity index (χ4v) is 3.45. The van der Waals surface area contributed by atoms with Crippen molar-refractivity contribution in [2.24, 2.45) is 5.41 Å². The summed E-state index contributed by atoms with van der Waals surface area (Å²) in [4.78, 5) is 25.9. The molecule has 1 aliphatic heterocycles. The minimum Gasteiger partial charge on any atom is -0.481 e. The number of nitrogens with zero attached hydrogens (tertiary/aromatic N) is 3. The van der Waals surface area contributed by atoms with Crippen molar-refractivity contribution in [3.63, 3.8) is 0 Å². The van der Waals surface area contributed by atoms with Crippen LogP contribution in [0.1, 0.15) is 41.4 Å². The van der Waals surface area contributed by atoms with Gasteiger partial charge in [0.2, 0.25) is 0 Å². The summed E-state index contributed by atoms with van der Waals surface area (Å²) in [7, 11) is 0. The van der Waals surface area contributed by atoms with Gasteiger partial charge in [0.25, 0.3) is 5.91 Å². The van der Waals surface area contributed by atoms with Gasteiger partial charge in [0.1, 0.15) is 0 Å². The lowest BCUT2D eigenvalue weighted by atomic mass is 9.82. The highest BCUT2D eigenvalue weighted by molar-refractivity contribution is 5.95. The Labute approximate surface area is 159 Å². The van der Waals surface area contributed by atoms with E-state index in [0.717, 1.165) is 12.1 Å². The van der Waals surface area contributed by atoms with E-state index in [9.17, 15) is 27.9 Å². The van der Waals surface area contributed by atoms with Gasteiger partial charge < -0.3 is 10.0 Å². The molecule has 0 saturated carbocycles. The highest BCUT2D eigenvalue weighted by Gasteiger charge is 2.40. The Morgan fingerprint density at radius 1 is 1.29 bits per heavy atom. The molecular formula is C19H20F3N3O3. The van der Waals surface area contributed by atoms with Gasteiger partial charge in [-0.2, -0.15) is 18.3 Å². The molecule has 0 aliphatic carbocycles. The fourth-order valence-electron chi connectivity index (χ4n) is 3.45. The minimum atomic E-state index is -4.48. The van der Waals surface area contributed by atoms with Crippen LogP contribution >= 0.6 is 0 Å². The quantitative estimate of drug-likeness (QED) is 0.863. The number of benzene rings is 1. The summed E-state index contributed by atoms with van der Waals surface area (Å²) in [6.07, 6.45) is -2.13. The summed E-state index contributed by atoms with van der Waals surface area (Å²) in [6.45, 7) is 3.71. The summed E-state index contributed by atoms with van der Waals surface area (Å²) in [5.41, 5.74) is -0.987. The van der Waals surface area contributed by atoms with Gasteiger partial charge >= 0.3 is 12.1 Å². The van der Waals surface area contributed by atoms with Crippen LogP contribution in [-0.4, -0.2) is 44.8 Å². The zero-order valence-electron chi connectivity index (χ0n) is 15.5. The molecule has 1 saturated heterocycles. The number of rotatable bonds is 3. The molecule has 6 nitrogen and oxygen atoms in total. The first-order chi connectivity index (χ1) is 13.0. The third-order valence-corrected chi connectivity index (χ3v) is 5.16. The van der Waals surface area contributed by atoms with E-state index in [4.69, 9.17) is 0 Å². The van der Waals surface area contributed by atoms with E-state index in [1.165, 1.54) is 27.9 Å². The Hall–Kier alpha value is -2.84. The maximum absolute atomic E-state index is 13.0. The fraction of sp³-hybridized carbons (Fsp3) is 0.421. The van der Waals surface area contributed by atoms with Gasteiger partial charge in [-0.1, -0.05) is 6.07 Å². The Bertz CT molecular complexity index is 923. The Balaban J connectivity index is 1.89. The van der Waals surface area contributed by atoms with E-state index in [2.05, 4.69) is 5.10 Å². The van der Waals surface area contributed by atoms with Crippen LogP contribution in [0.15, 0.2) is 30.5 Å². The zero-order valence-corrected chi connectivity index (χ0v) is 15.5. The predicted molar refractivity (Wildman–Crippen MR) is 94.2 cm³/mol. The van der Waals surface area contributed by atoms with Gasteiger partial charge in [0.05, 0.1) is 34.1 Å². The van der Waals surface area contributed by atoms with Crippen LogP contribution in [-0.2, 0) is 11.0 Å². The molecule has 0 bridgehead atoms. The van der Waals surface area contributed by atoms with Gasteiger partial charge in [-0.05, 0) is 44.9 Å². The standard InChI is InChI=1S/C19H20F3N3O3/c1-12-15(16(26)24-8-4-7-18(2,11-24)17(27)28)10-23-25(12)14-6-3-5-13(9-14)19(20,21)22/h3,5-6,9-10H,4,7-8,11H2,1-2H3,(H,27,28). The first kappa shape index (κ1) is 19.9. The number of amides is 1. The van der Waals surface area contributed by atoms with E-state index in [1.807, 2.05) is 0 Å². The van der Waals surface area contributed by atoms with Gasteiger partial charge in [-0.15, -0.1) is 0 Å². The minimum absolute atomic E-state index is 0.0787. The van der Waals surface area contributed by atoms with E-state index in [0.29, 0.717) is 25.1 Å². The smallest absolute Gasteiger partial charge is 0.416 e. The molecule has 1 aliphatic rings. The third-order valence-electron chi connectivity index (χ3n) is 5.16. The summed E-state index contributed by atoms with van der Waals surface area (Å²) < 4.78 is 40.2. The number of carboxylic acids is 1. The maximum atomic E-state index is 13.0. The highest BCUT2D eigenvalue weighted by atomic mass is 19.4. The Kier molecular flexibility index (Phi) is 4.95. The molecule has 9 heteroatoms. The topological polar surface area (TPSA) is 75.4 Å². The third kappa shape index (κ3) is 3.61. The van der Waals surface area contributed by atoms with E-state index >= 15 is 0 Å². The number of carboxylic acid groups (broad SMARTS) is 1. The number of aromatic nitrogens is 2. The molecule has 1 N–H and O–H groups in total. The average Bonchev–Trinajstić information content (AvgIpc) is 3.02. The molecule has 1 aromatic heterocycles. The van der Waals surface area contributed by atoms with Gasteiger partial charge in [-0.25, -0.2) is 4.68 Å². The number of hydrogen-bond donors (Lipinski definition) is 1. The van der Waals surface area contributed by atoms with E-state index in [1.54, 1.807) is 13.8 Å². The van der Waals surface area contributed by atoms with Crippen LogP contribution in [0.3, 0.4) is 0 Å². The van der Waals surface area contributed by atoms with Gasteiger partial charge in [-0.3, -0.25) is 9.59 Å². The van der Waals surface area contributed by atoms with Crippen LogP contribution in [0.2, 0.25) is 0 Å². The first-order valence-electron chi connectivity index (χ1n) is 8.78. The summed E-state index contributed by atoms with van der Waals surface area (Å²) in [5, 5.41) is 13.5. The monoisotopic (exact) mass is 395 g/mol. The number of carbonyl (C=O) groups excluding carboxylic acids is 1. The highest BCUT2D eigenvalue weighted by Crippen LogP contribution is 2.32. The van der Waals surface area contributed by atoms with E-state index < -0.39 is 23.1 Å². The van der Waals surface area contributed by atoms with Crippen LogP contribution < -0.4 is 0 Å². The Morgan fingerprint density at radius 3 is 2.64 bits per heavy atom. The van der Waals surface area contributed by atoms with Crippen molar-refractivity contribution in [2.75, 3.05) is 13.1 Å². The second-order valence-corrected chi connectivity index (χ2v) is 7.30. The predicted octanol–water partition coefficient (Wildman–Crippen LogP) is 3.53. The van der Waals surface area contributed by atoms with Crippen molar-refractivity contribution >= 4 is 11.9 Å². The lowest BCUT2D eigenvalue weighted by Crippen LogP contribution is -2.48. The lowest BCUT2D eigenvalue weighted by Gasteiger charge is -2.37. The summed E-state index contributed by atoms with van der Waals surface area (Å²) in [6, 6.07) is 4.70.